The Kier molecular flexibility index (Phi) is 6.16. The number of aryl methyl sites for hydroxylation is 1. The van der Waals surface area contributed by atoms with Crippen LogP contribution in [0.15, 0.2) is 12.1 Å². The zero-order chi connectivity index (χ0) is 14.4. The zero-order valence-corrected chi connectivity index (χ0v) is 13.0. The van der Waals surface area contributed by atoms with E-state index in [1.807, 2.05) is 0 Å². The van der Waals surface area contributed by atoms with Crippen molar-refractivity contribution in [1.29, 1.82) is 0 Å². The average Bonchev–Trinajstić information content (AvgIpc) is 2.39. The van der Waals surface area contributed by atoms with Gasteiger partial charge in [-0.2, -0.15) is 0 Å². The molecule has 108 valence electrons. The summed E-state index contributed by atoms with van der Waals surface area (Å²) >= 11 is 0. The summed E-state index contributed by atoms with van der Waals surface area (Å²) in [5, 5.41) is 3.62. The van der Waals surface area contributed by atoms with E-state index < -0.39 is 0 Å². The predicted octanol–water partition coefficient (Wildman–Crippen LogP) is 3.71. The molecule has 0 saturated carbocycles. The van der Waals surface area contributed by atoms with Crippen LogP contribution < -0.4 is 14.8 Å². The van der Waals surface area contributed by atoms with Crippen molar-refractivity contribution in [3.63, 3.8) is 0 Å². The van der Waals surface area contributed by atoms with Gasteiger partial charge in [0.25, 0.3) is 0 Å². The van der Waals surface area contributed by atoms with Gasteiger partial charge in [0, 0.05) is 6.04 Å². The van der Waals surface area contributed by atoms with Crippen LogP contribution in [0.5, 0.6) is 11.5 Å². The second-order valence-electron chi connectivity index (χ2n) is 5.24. The molecule has 0 bridgehead atoms. The number of hydrogen-bond acceptors (Lipinski definition) is 3. The Morgan fingerprint density at radius 2 is 1.68 bits per heavy atom. The van der Waals surface area contributed by atoms with Crippen molar-refractivity contribution in [2.45, 2.75) is 40.2 Å². The van der Waals surface area contributed by atoms with Gasteiger partial charge in [-0.05, 0) is 49.1 Å². The quantitative estimate of drug-likeness (QED) is 0.815. The number of methoxy groups -OCH3 is 2. The van der Waals surface area contributed by atoms with Crippen molar-refractivity contribution in [2.75, 3.05) is 20.8 Å². The van der Waals surface area contributed by atoms with E-state index in [1.165, 1.54) is 11.1 Å². The molecule has 19 heavy (non-hydrogen) atoms. The Bertz CT molecular complexity index is 402. The third kappa shape index (κ3) is 3.87. The van der Waals surface area contributed by atoms with Crippen LogP contribution in [-0.4, -0.2) is 20.8 Å². The first-order chi connectivity index (χ1) is 9.04. The lowest BCUT2D eigenvalue weighted by atomic mass is 9.92. The molecule has 1 rings (SSSR count). The van der Waals surface area contributed by atoms with Crippen LogP contribution >= 0.6 is 0 Å². The molecule has 0 saturated heterocycles. The minimum Gasteiger partial charge on any atom is -0.493 e. The molecule has 0 spiro atoms. The molecule has 1 N–H and O–H groups in total. The Balaban J connectivity index is 3.15. The van der Waals surface area contributed by atoms with Gasteiger partial charge in [-0.1, -0.05) is 20.8 Å². The van der Waals surface area contributed by atoms with Crippen molar-refractivity contribution in [1.82, 2.24) is 5.32 Å². The van der Waals surface area contributed by atoms with E-state index in [2.05, 4.69) is 45.1 Å². The molecular formula is C16H27NO2. The first-order valence-corrected chi connectivity index (χ1v) is 7.01. The predicted molar refractivity (Wildman–Crippen MR) is 80.2 cm³/mol. The van der Waals surface area contributed by atoms with Gasteiger partial charge in [0.2, 0.25) is 0 Å². The lowest BCUT2D eigenvalue weighted by molar-refractivity contribution is 0.351. The molecule has 3 nitrogen and oxygen atoms in total. The molecule has 0 fully saturated rings. The maximum absolute atomic E-state index is 5.41. The SMILES string of the molecule is CCCNC(c1cc(OC)c(OC)cc1C)C(C)C. The lowest BCUT2D eigenvalue weighted by Gasteiger charge is -2.25. The van der Waals surface area contributed by atoms with Crippen LogP contribution in [0.25, 0.3) is 0 Å². The van der Waals surface area contributed by atoms with E-state index >= 15 is 0 Å². The van der Waals surface area contributed by atoms with Crippen LogP contribution in [0.4, 0.5) is 0 Å². The van der Waals surface area contributed by atoms with Gasteiger partial charge >= 0.3 is 0 Å². The summed E-state index contributed by atoms with van der Waals surface area (Å²) in [6.45, 7) is 9.82. The van der Waals surface area contributed by atoms with Gasteiger partial charge in [0.15, 0.2) is 11.5 Å². The fourth-order valence-electron chi connectivity index (χ4n) is 2.34. The van der Waals surface area contributed by atoms with Crippen LogP contribution in [0, 0.1) is 12.8 Å². The van der Waals surface area contributed by atoms with Gasteiger partial charge in [-0.15, -0.1) is 0 Å². The maximum atomic E-state index is 5.41. The minimum absolute atomic E-state index is 0.347. The van der Waals surface area contributed by atoms with Crippen molar-refractivity contribution >= 4 is 0 Å². The normalized spacial score (nSPS) is 12.6. The fraction of sp³-hybridized carbons (Fsp3) is 0.625. The van der Waals surface area contributed by atoms with E-state index in [9.17, 15) is 0 Å². The van der Waals surface area contributed by atoms with Gasteiger partial charge in [0.05, 0.1) is 14.2 Å². The Morgan fingerprint density at radius 3 is 2.16 bits per heavy atom. The van der Waals surface area contributed by atoms with Crippen LogP contribution in [0.2, 0.25) is 0 Å². The first kappa shape index (κ1) is 15.8. The van der Waals surface area contributed by atoms with Gasteiger partial charge in [-0.3, -0.25) is 0 Å². The van der Waals surface area contributed by atoms with Crippen molar-refractivity contribution in [2.24, 2.45) is 5.92 Å². The first-order valence-electron chi connectivity index (χ1n) is 7.01. The summed E-state index contributed by atoms with van der Waals surface area (Å²) in [6.07, 6.45) is 1.13. The Labute approximate surface area is 117 Å². The number of rotatable bonds is 7. The highest BCUT2D eigenvalue weighted by Gasteiger charge is 2.19. The van der Waals surface area contributed by atoms with Crippen molar-refractivity contribution < 1.29 is 9.47 Å². The minimum atomic E-state index is 0.347. The highest BCUT2D eigenvalue weighted by molar-refractivity contribution is 5.48. The molecule has 0 aromatic heterocycles. The van der Waals surface area contributed by atoms with E-state index in [4.69, 9.17) is 9.47 Å². The topological polar surface area (TPSA) is 30.5 Å². The lowest BCUT2D eigenvalue weighted by Crippen LogP contribution is -2.27. The number of benzene rings is 1. The van der Waals surface area contributed by atoms with Gasteiger partial charge < -0.3 is 14.8 Å². The third-order valence-corrected chi connectivity index (χ3v) is 3.39. The molecule has 3 heteroatoms. The summed E-state index contributed by atoms with van der Waals surface area (Å²) in [5.74, 6) is 2.12. The maximum Gasteiger partial charge on any atom is 0.161 e. The molecule has 0 aliphatic heterocycles. The second kappa shape index (κ2) is 7.39. The van der Waals surface area contributed by atoms with E-state index in [0.717, 1.165) is 24.5 Å². The number of nitrogens with one attached hydrogen (secondary N) is 1. The molecule has 0 aliphatic rings. The van der Waals surface area contributed by atoms with Crippen LogP contribution in [0.3, 0.4) is 0 Å². The number of ether oxygens (including phenoxy) is 2. The molecule has 1 aromatic carbocycles. The zero-order valence-electron chi connectivity index (χ0n) is 13.0. The van der Waals surface area contributed by atoms with Crippen LogP contribution in [0.1, 0.15) is 44.4 Å². The van der Waals surface area contributed by atoms with Crippen molar-refractivity contribution in [3.8, 4) is 11.5 Å². The summed E-state index contributed by atoms with van der Waals surface area (Å²) in [4.78, 5) is 0. The van der Waals surface area contributed by atoms with Crippen LogP contribution in [-0.2, 0) is 0 Å². The molecular weight excluding hydrogens is 238 g/mol. The Morgan fingerprint density at radius 1 is 1.11 bits per heavy atom. The summed E-state index contributed by atoms with van der Waals surface area (Å²) < 4.78 is 10.8. The van der Waals surface area contributed by atoms with Crippen molar-refractivity contribution in [3.05, 3.63) is 23.3 Å². The van der Waals surface area contributed by atoms with E-state index in [1.54, 1.807) is 14.2 Å². The Hall–Kier alpha value is -1.22. The average molecular weight is 265 g/mol. The number of hydrogen-bond donors (Lipinski definition) is 1. The molecule has 1 aromatic rings. The van der Waals surface area contributed by atoms with Gasteiger partial charge in [0.1, 0.15) is 0 Å². The highest BCUT2D eigenvalue weighted by Crippen LogP contribution is 2.35. The molecule has 1 unspecified atom stereocenters. The monoisotopic (exact) mass is 265 g/mol. The molecule has 0 heterocycles. The van der Waals surface area contributed by atoms with E-state index in [0.29, 0.717) is 12.0 Å². The highest BCUT2D eigenvalue weighted by atomic mass is 16.5. The smallest absolute Gasteiger partial charge is 0.161 e. The largest absolute Gasteiger partial charge is 0.493 e. The third-order valence-electron chi connectivity index (χ3n) is 3.39. The summed E-state index contributed by atoms with van der Waals surface area (Å²) in [5.41, 5.74) is 2.53. The molecule has 0 aliphatic carbocycles. The summed E-state index contributed by atoms with van der Waals surface area (Å²) in [6, 6.07) is 4.50. The van der Waals surface area contributed by atoms with E-state index in [-0.39, 0.29) is 0 Å². The summed E-state index contributed by atoms with van der Waals surface area (Å²) in [7, 11) is 3.35. The second-order valence-corrected chi connectivity index (χ2v) is 5.24. The molecule has 1 atom stereocenters. The van der Waals surface area contributed by atoms with Gasteiger partial charge in [-0.25, -0.2) is 0 Å². The fourth-order valence-corrected chi connectivity index (χ4v) is 2.34. The standard InChI is InChI=1S/C16H27NO2/c1-7-8-17-16(11(2)3)13-10-15(19-6)14(18-5)9-12(13)4/h9-11,16-17H,7-8H2,1-6H3. The molecule has 0 radical (unpaired) electrons. The molecule has 0 amide bonds.